The molecular formula is C17H34N4. The van der Waals surface area contributed by atoms with Gasteiger partial charge in [0.05, 0.1) is 6.54 Å². The normalized spacial score (nSPS) is 25.8. The predicted octanol–water partition coefficient (Wildman–Crippen LogP) is 2.75. The Bertz CT molecular complexity index is 310. The first-order valence-electron chi connectivity index (χ1n) is 9.12. The van der Waals surface area contributed by atoms with Gasteiger partial charge >= 0.3 is 0 Å². The second-order valence-electron chi connectivity index (χ2n) is 6.48. The van der Waals surface area contributed by atoms with Crippen LogP contribution in [-0.4, -0.2) is 49.1 Å². The Morgan fingerprint density at radius 1 is 1.05 bits per heavy atom. The van der Waals surface area contributed by atoms with E-state index in [0.29, 0.717) is 12.1 Å². The zero-order valence-corrected chi connectivity index (χ0v) is 14.0. The highest BCUT2D eigenvalue weighted by molar-refractivity contribution is 5.80. The molecule has 2 aliphatic rings. The molecule has 1 aliphatic heterocycles. The standard InChI is InChI=1S/C17H34N4/c1-3-18-17(20-15-10-6-5-7-11-15)19-14-16-12-8-9-13-21(16)4-2/h15-16H,3-14H2,1-2H3,(H2,18,19,20). The van der Waals surface area contributed by atoms with Crippen LogP contribution >= 0.6 is 0 Å². The van der Waals surface area contributed by atoms with Gasteiger partial charge in [-0.25, -0.2) is 0 Å². The summed E-state index contributed by atoms with van der Waals surface area (Å²) in [6, 6.07) is 1.27. The SMILES string of the molecule is CCNC(=NCC1CCCCN1CC)NC1CCCCC1. The number of hydrogen-bond acceptors (Lipinski definition) is 2. The summed E-state index contributed by atoms with van der Waals surface area (Å²) in [5.41, 5.74) is 0. The van der Waals surface area contributed by atoms with Gasteiger partial charge in [-0.05, 0) is 45.7 Å². The smallest absolute Gasteiger partial charge is 0.191 e. The number of nitrogens with one attached hydrogen (secondary N) is 2. The third-order valence-corrected chi connectivity index (χ3v) is 4.91. The summed E-state index contributed by atoms with van der Waals surface area (Å²) < 4.78 is 0. The van der Waals surface area contributed by atoms with Crippen molar-refractivity contribution >= 4 is 5.96 Å². The van der Waals surface area contributed by atoms with E-state index in [-0.39, 0.29) is 0 Å². The number of rotatable bonds is 5. The lowest BCUT2D eigenvalue weighted by molar-refractivity contribution is 0.161. The Morgan fingerprint density at radius 2 is 1.81 bits per heavy atom. The van der Waals surface area contributed by atoms with Gasteiger partial charge in [-0.2, -0.15) is 0 Å². The molecule has 122 valence electrons. The fourth-order valence-corrected chi connectivity index (χ4v) is 3.64. The van der Waals surface area contributed by atoms with E-state index in [2.05, 4.69) is 29.4 Å². The van der Waals surface area contributed by atoms with Crippen molar-refractivity contribution in [2.75, 3.05) is 26.2 Å². The average molecular weight is 294 g/mol. The van der Waals surface area contributed by atoms with Crippen molar-refractivity contribution in [1.29, 1.82) is 0 Å². The van der Waals surface area contributed by atoms with Crippen molar-refractivity contribution in [3.05, 3.63) is 0 Å². The zero-order valence-electron chi connectivity index (χ0n) is 14.0. The average Bonchev–Trinajstić information content (AvgIpc) is 2.54. The van der Waals surface area contributed by atoms with E-state index in [1.54, 1.807) is 0 Å². The summed E-state index contributed by atoms with van der Waals surface area (Å²) in [6.45, 7) is 8.72. The van der Waals surface area contributed by atoms with Crippen LogP contribution in [0.25, 0.3) is 0 Å². The van der Waals surface area contributed by atoms with Gasteiger partial charge in [0, 0.05) is 18.6 Å². The molecule has 0 aromatic rings. The number of piperidine rings is 1. The number of hydrogen-bond donors (Lipinski definition) is 2. The lowest BCUT2D eigenvalue weighted by Gasteiger charge is -2.34. The van der Waals surface area contributed by atoms with Crippen LogP contribution in [0.2, 0.25) is 0 Å². The van der Waals surface area contributed by atoms with E-state index in [9.17, 15) is 0 Å². The van der Waals surface area contributed by atoms with Crippen LogP contribution < -0.4 is 10.6 Å². The van der Waals surface area contributed by atoms with Gasteiger partial charge in [-0.15, -0.1) is 0 Å². The molecule has 0 aromatic heterocycles. The molecule has 0 radical (unpaired) electrons. The van der Waals surface area contributed by atoms with Gasteiger partial charge in [0.1, 0.15) is 0 Å². The van der Waals surface area contributed by atoms with E-state index in [1.807, 2.05) is 0 Å². The lowest BCUT2D eigenvalue weighted by Crippen LogP contribution is -2.46. The fourth-order valence-electron chi connectivity index (χ4n) is 3.64. The molecule has 4 heteroatoms. The minimum atomic E-state index is 0.630. The van der Waals surface area contributed by atoms with E-state index in [4.69, 9.17) is 4.99 Å². The number of guanidine groups is 1. The van der Waals surface area contributed by atoms with Crippen molar-refractivity contribution in [1.82, 2.24) is 15.5 Å². The first-order valence-corrected chi connectivity index (χ1v) is 9.12. The Kier molecular flexibility index (Phi) is 7.34. The molecule has 0 aromatic carbocycles. The predicted molar refractivity (Wildman–Crippen MR) is 90.9 cm³/mol. The molecular weight excluding hydrogens is 260 g/mol. The monoisotopic (exact) mass is 294 g/mol. The maximum Gasteiger partial charge on any atom is 0.191 e. The second kappa shape index (κ2) is 9.29. The number of likely N-dealkylation sites (tertiary alicyclic amines) is 1. The molecule has 21 heavy (non-hydrogen) atoms. The molecule has 1 aliphatic carbocycles. The molecule has 1 atom stereocenters. The summed E-state index contributed by atoms with van der Waals surface area (Å²) in [4.78, 5) is 7.48. The zero-order chi connectivity index (χ0) is 14.9. The highest BCUT2D eigenvalue weighted by atomic mass is 15.2. The molecule has 1 saturated heterocycles. The summed E-state index contributed by atoms with van der Waals surface area (Å²) in [5, 5.41) is 7.07. The topological polar surface area (TPSA) is 39.7 Å². The van der Waals surface area contributed by atoms with Crippen molar-refractivity contribution in [3.63, 3.8) is 0 Å². The van der Waals surface area contributed by atoms with Gasteiger partial charge in [0.15, 0.2) is 5.96 Å². The van der Waals surface area contributed by atoms with Crippen LogP contribution in [0.1, 0.15) is 65.2 Å². The minimum absolute atomic E-state index is 0.630. The fraction of sp³-hybridized carbons (Fsp3) is 0.941. The maximum atomic E-state index is 4.88. The van der Waals surface area contributed by atoms with E-state index >= 15 is 0 Å². The van der Waals surface area contributed by atoms with Gasteiger partial charge < -0.3 is 10.6 Å². The molecule has 0 spiro atoms. The first-order chi connectivity index (χ1) is 10.3. The van der Waals surface area contributed by atoms with Crippen LogP contribution in [0.3, 0.4) is 0 Å². The van der Waals surface area contributed by atoms with Crippen molar-refractivity contribution in [3.8, 4) is 0 Å². The molecule has 4 nitrogen and oxygen atoms in total. The van der Waals surface area contributed by atoms with E-state index in [1.165, 1.54) is 57.9 Å². The van der Waals surface area contributed by atoms with Crippen LogP contribution in [-0.2, 0) is 0 Å². The summed E-state index contributed by atoms with van der Waals surface area (Å²) in [6.07, 6.45) is 10.8. The third-order valence-electron chi connectivity index (χ3n) is 4.91. The van der Waals surface area contributed by atoms with Crippen LogP contribution in [0.15, 0.2) is 4.99 Å². The quantitative estimate of drug-likeness (QED) is 0.605. The Balaban J connectivity index is 1.86. The van der Waals surface area contributed by atoms with Crippen molar-refractivity contribution in [2.24, 2.45) is 4.99 Å². The van der Waals surface area contributed by atoms with Gasteiger partial charge in [-0.1, -0.05) is 32.6 Å². The van der Waals surface area contributed by atoms with E-state index in [0.717, 1.165) is 25.6 Å². The van der Waals surface area contributed by atoms with Gasteiger partial charge in [0.25, 0.3) is 0 Å². The molecule has 0 bridgehead atoms. The largest absolute Gasteiger partial charge is 0.357 e. The molecule has 1 saturated carbocycles. The second-order valence-corrected chi connectivity index (χ2v) is 6.48. The molecule has 1 unspecified atom stereocenters. The first kappa shape index (κ1) is 16.6. The summed E-state index contributed by atoms with van der Waals surface area (Å²) >= 11 is 0. The Morgan fingerprint density at radius 3 is 2.52 bits per heavy atom. The summed E-state index contributed by atoms with van der Waals surface area (Å²) in [7, 11) is 0. The molecule has 2 rings (SSSR count). The minimum Gasteiger partial charge on any atom is -0.357 e. The molecule has 2 N–H and O–H groups in total. The summed E-state index contributed by atoms with van der Waals surface area (Å²) in [5.74, 6) is 1.03. The van der Waals surface area contributed by atoms with Gasteiger partial charge in [-0.3, -0.25) is 9.89 Å². The molecule has 1 heterocycles. The van der Waals surface area contributed by atoms with Crippen LogP contribution in [0, 0.1) is 0 Å². The Labute approximate surface area is 130 Å². The van der Waals surface area contributed by atoms with Crippen molar-refractivity contribution < 1.29 is 0 Å². The number of aliphatic imine (C=N–C) groups is 1. The van der Waals surface area contributed by atoms with E-state index < -0.39 is 0 Å². The Hall–Kier alpha value is -0.770. The molecule has 2 fully saturated rings. The number of nitrogens with zero attached hydrogens (tertiary/aromatic N) is 2. The lowest BCUT2D eigenvalue weighted by atomic mass is 9.96. The highest BCUT2D eigenvalue weighted by Crippen LogP contribution is 2.18. The third kappa shape index (κ3) is 5.50. The van der Waals surface area contributed by atoms with Crippen molar-refractivity contribution in [2.45, 2.75) is 77.3 Å². The van der Waals surface area contributed by atoms with Gasteiger partial charge in [0.2, 0.25) is 0 Å². The maximum absolute atomic E-state index is 4.88. The number of likely N-dealkylation sites (N-methyl/N-ethyl adjacent to an activating group) is 1. The highest BCUT2D eigenvalue weighted by Gasteiger charge is 2.21. The van der Waals surface area contributed by atoms with Crippen LogP contribution in [0.4, 0.5) is 0 Å². The van der Waals surface area contributed by atoms with Crippen LogP contribution in [0.5, 0.6) is 0 Å². The molecule has 0 amide bonds.